The number of ether oxygens (including phenoxy) is 2. The van der Waals surface area contributed by atoms with Gasteiger partial charge in [-0.15, -0.1) is 0 Å². The number of hydrogen-bond donors (Lipinski definition) is 0. The van der Waals surface area contributed by atoms with Gasteiger partial charge in [0.05, 0.1) is 0 Å². The number of rotatable bonds is 6. The third kappa shape index (κ3) is 5.05. The van der Waals surface area contributed by atoms with E-state index in [2.05, 4.69) is 15.9 Å². The smallest absolute Gasteiger partial charge is 0.349 e. The number of aryl methyl sites for hydroxylation is 1. The molecule has 0 spiro atoms. The fourth-order valence-electron chi connectivity index (χ4n) is 2.49. The summed E-state index contributed by atoms with van der Waals surface area (Å²) in [6.45, 7) is 1.59. The number of halogens is 1. The molecule has 3 rings (SSSR count). The average molecular weight is 425 g/mol. The summed E-state index contributed by atoms with van der Waals surface area (Å²) in [5.41, 5.74) is 1.86. The Hall–Kier alpha value is -2.92. The molecule has 0 saturated carbocycles. The van der Waals surface area contributed by atoms with Crippen LogP contribution < -0.4 is 9.47 Å². The van der Waals surface area contributed by atoms with Gasteiger partial charge in [0.15, 0.2) is 12.4 Å². The van der Waals surface area contributed by atoms with E-state index >= 15 is 0 Å². The van der Waals surface area contributed by atoms with Gasteiger partial charge in [-0.2, -0.15) is 0 Å². The standard InChI is InChI=1S/C22H17BrO4/c1-15-13-17(22(25)16-5-3-2-4-6-16)7-12-20(15)27-21(24)14-26-19-10-8-18(23)9-11-19/h2-13H,14H2,1H3. The molecule has 0 aromatic heterocycles. The fraction of sp³-hybridized carbons (Fsp3) is 0.0909. The summed E-state index contributed by atoms with van der Waals surface area (Å²) in [5, 5.41) is 0. The minimum Gasteiger partial charge on any atom is -0.482 e. The van der Waals surface area contributed by atoms with Crippen molar-refractivity contribution in [2.75, 3.05) is 6.61 Å². The van der Waals surface area contributed by atoms with Gasteiger partial charge < -0.3 is 9.47 Å². The predicted molar refractivity (Wildman–Crippen MR) is 106 cm³/mol. The van der Waals surface area contributed by atoms with E-state index in [1.807, 2.05) is 30.3 Å². The summed E-state index contributed by atoms with van der Waals surface area (Å²) in [4.78, 5) is 24.5. The molecule has 0 aliphatic carbocycles. The summed E-state index contributed by atoms with van der Waals surface area (Å²) in [5.74, 6) is 0.401. The normalized spacial score (nSPS) is 10.3. The van der Waals surface area contributed by atoms with Crippen molar-refractivity contribution in [2.24, 2.45) is 0 Å². The first-order valence-electron chi connectivity index (χ1n) is 8.32. The maximum atomic E-state index is 12.5. The van der Waals surface area contributed by atoms with Crippen LogP contribution in [0.5, 0.6) is 11.5 Å². The lowest BCUT2D eigenvalue weighted by atomic mass is 10.0. The summed E-state index contributed by atoms with van der Waals surface area (Å²) in [6.07, 6.45) is 0. The topological polar surface area (TPSA) is 52.6 Å². The van der Waals surface area contributed by atoms with Gasteiger partial charge in [0, 0.05) is 15.6 Å². The third-order valence-electron chi connectivity index (χ3n) is 3.87. The van der Waals surface area contributed by atoms with E-state index in [-0.39, 0.29) is 12.4 Å². The van der Waals surface area contributed by atoms with Crippen LogP contribution in [0.2, 0.25) is 0 Å². The molecular formula is C22H17BrO4. The Kier molecular flexibility index (Phi) is 6.04. The largest absolute Gasteiger partial charge is 0.482 e. The van der Waals surface area contributed by atoms with Crippen LogP contribution in [0, 0.1) is 6.92 Å². The van der Waals surface area contributed by atoms with Crippen molar-refractivity contribution < 1.29 is 19.1 Å². The molecular weight excluding hydrogens is 408 g/mol. The second-order valence-electron chi connectivity index (χ2n) is 5.89. The predicted octanol–water partition coefficient (Wildman–Crippen LogP) is 4.97. The van der Waals surface area contributed by atoms with Crippen LogP contribution in [0.15, 0.2) is 77.3 Å². The van der Waals surface area contributed by atoms with Crippen molar-refractivity contribution in [1.29, 1.82) is 0 Å². The second kappa shape index (κ2) is 8.64. The van der Waals surface area contributed by atoms with Crippen LogP contribution >= 0.6 is 15.9 Å². The molecule has 0 fully saturated rings. The van der Waals surface area contributed by atoms with Gasteiger partial charge in [0.25, 0.3) is 0 Å². The van der Waals surface area contributed by atoms with Gasteiger partial charge in [-0.25, -0.2) is 4.79 Å². The maximum absolute atomic E-state index is 12.5. The highest BCUT2D eigenvalue weighted by Crippen LogP contribution is 2.22. The molecule has 5 heteroatoms. The molecule has 4 nitrogen and oxygen atoms in total. The molecule has 0 amide bonds. The quantitative estimate of drug-likeness (QED) is 0.318. The van der Waals surface area contributed by atoms with E-state index in [0.717, 1.165) is 4.47 Å². The first kappa shape index (κ1) is 18.9. The SMILES string of the molecule is Cc1cc(C(=O)c2ccccc2)ccc1OC(=O)COc1ccc(Br)cc1. The van der Waals surface area contributed by atoms with Crippen LogP contribution in [-0.2, 0) is 4.79 Å². The van der Waals surface area contributed by atoms with E-state index in [0.29, 0.717) is 28.2 Å². The van der Waals surface area contributed by atoms with Gasteiger partial charge >= 0.3 is 5.97 Å². The molecule has 0 saturated heterocycles. The number of esters is 1. The highest BCUT2D eigenvalue weighted by molar-refractivity contribution is 9.10. The van der Waals surface area contributed by atoms with Crippen molar-refractivity contribution in [3.63, 3.8) is 0 Å². The third-order valence-corrected chi connectivity index (χ3v) is 4.40. The van der Waals surface area contributed by atoms with Gasteiger partial charge in [-0.3, -0.25) is 4.79 Å². The lowest BCUT2D eigenvalue weighted by Gasteiger charge is -2.10. The highest BCUT2D eigenvalue weighted by Gasteiger charge is 2.13. The zero-order valence-electron chi connectivity index (χ0n) is 14.6. The Morgan fingerprint density at radius 2 is 1.59 bits per heavy atom. The van der Waals surface area contributed by atoms with Crippen molar-refractivity contribution >= 4 is 27.7 Å². The zero-order chi connectivity index (χ0) is 19.2. The van der Waals surface area contributed by atoms with E-state index in [9.17, 15) is 9.59 Å². The summed E-state index contributed by atoms with van der Waals surface area (Å²) >= 11 is 3.34. The van der Waals surface area contributed by atoms with Gasteiger partial charge in [0.1, 0.15) is 11.5 Å². The molecule has 0 radical (unpaired) electrons. The van der Waals surface area contributed by atoms with Crippen molar-refractivity contribution in [2.45, 2.75) is 6.92 Å². The van der Waals surface area contributed by atoms with Gasteiger partial charge in [0.2, 0.25) is 0 Å². The van der Waals surface area contributed by atoms with Crippen LogP contribution in [0.25, 0.3) is 0 Å². The number of benzene rings is 3. The molecule has 0 bridgehead atoms. The minimum absolute atomic E-state index is 0.0739. The highest BCUT2D eigenvalue weighted by atomic mass is 79.9. The van der Waals surface area contributed by atoms with Gasteiger partial charge in [-0.05, 0) is 55.0 Å². The van der Waals surface area contributed by atoms with E-state index in [1.54, 1.807) is 49.4 Å². The summed E-state index contributed by atoms with van der Waals surface area (Å²) in [6, 6.07) is 21.2. The molecule has 0 unspecified atom stereocenters. The number of carbonyl (C=O) groups excluding carboxylic acids is 2. The Morgan fingerprint density at radius 1 is 0.889 bits per heavy atom. The van der Waals surface area contributed by atoms with Crippen LogP contribution in [-0.4, -0.2) is 18.4 Å². The first-order valence-corrected chi connectivity index (χ1v) is 9.11. The molecule has 0 aliphatic heterocycles. The van der Waals surface area contributed by atoms with Crippen molar-refractivity contribution in [1.82, 2.24) is 0 Å². The lowest BCUT2D eigenvalue weighted by molar-refractivity contribution is -0.136. The van der Waals surface area contributed by atoms with Crippen LogP contribution in [0.1, 0.15) is 21.5 Å². The van der Waals surface area contributed by atoms with Crippen LogP contribution in [0.4, 0.5) is 0 Å². The Balaban J connectivity index is 1.62. The Bertz CT molecular complexity index is 950. The Labute approximate surface area is 165 Å². The molecule has 136 valence electrons. The monoisotopic (exact) mass is 424 g/mol. The molecule has 0 heterocycles. The molecule has 0 aliphatic rings. The number of hydrogen-bond acceptors (Lipinski definition) is 4. The average Bonchev–Trinajstić information content (AvgIpc) is 2.69. The number of ketones is 1. The minimum atomic E-state index is -0.511. The molecule has 27 heavy (non-hydrogen) atoms. The Morgan fingerprint density at radius 3 is 2.26 bits per heavy atom. The van der Waals surface area contributed by atoms with Crippen LogP contribution in [0.3, 0.4) is 0 Å². The van der Waals surface area contributed by atoms with E-state index in [1.165, 1.54) is 0 Å². The van der Waals surface area contributed by atoms with Gasteiger partial charge in [-0.1, -0.05) is 46.3 Å². The fourth-order valence-corrected chi connectivity index (χ4v) is 2.75. The summed E-state index contributed by atoms with van der Waals surface area (Å²) < 4.78 is 11.7. The molecule has 3 aromatic carbocycles. The first-order chi connectivity index (χ1) is 13.0. The van der Waals surface area contributed by atoms with Crippen molar-refractivity contribution in [3.8, 4) is 11.5 Å². The maximum Gasteiger partial charge on any atom is 0.349 e. The second-order valence-corrected chi connectivity index (χ2v) is 6.81. The molecule has 0 atom stereocenters. The van der Waals surface area contributed by atoms with Crippen molar-refractivity contribution in [3.05, 3.63) is 94.0 Å². The molecule has 3 aromatic rings. The number of carbonyl (C=O) groups is 2. The molecule has 0 N–H and O–H groups in total. The van der Waals surface area contributed by atoms with E-state index < -0.39 is 5.97 Å². The summed E-state index contributed by atoms with van der Waals surface area (Å²) in [7, 11) is 0. The van der Waals surface area contributed by atoms with E-state index in [4.69, 9.17) is 9.47 Å². The zero-order valence-corrected chi connectivity index (χ0v) is 16.2. The lowest BCUT2D eigenvalue weighted by Crippen LogP contribution is -2.18.